The molecule has 9 nitrogen and oxygen atoms in total. The number of nitrogens with zero attached hydrogens (tertiary/aromatic N) is 5. The Kier molecular flexibility index (Phi) is 5.97. The van der Waals surface area contributed by atoms with Gasteiger partial charge in [-0.25, -0.2) is 18.9 Å². The second kappa shape index (κ2) is 8.98. The molecule has 1 aliphatic rings. The molecule has 3 heterocycles. The van der Waals surface area contributed by atoms with Gasteiger partial charge in [-0.05, 0) is 44.0 Å². The lowest BCUT2D eigenvalue weighted by atomic mass is 10.2. The van der Waals surface area contributed by atoms with Gasteiger partial charge in [-0.1, -0.05) is 12.8 Å². The summed E-state index contributed by atoms with van der Waals surface area (Å²) in [6.07, 6.45) is 7.79. The summed E-state index contributed by atoms with van der Waals surface area (Å²) in [4.78, 5) is 31.9. The van der Waals surface area contributed by atoms with Crippen LogP contribution in [-0.4, -0.2) is 44.8 Å². The largest absolute Gasteiger partial charge is 0.494 e. The van der Waals surface area contributed by atoms with Gasteiger partial charge in [0, 0.05) is 31.2 Å². The van der Waals surface area contributed by atoms with Crippen LogP contribution < -0.4 is 20.6 Å². The molecule has 1 saturated heterocycles. The van der Waals surface area contributed by atoms with E-state index in [9.17, 15) is 9.59 Å². The highest BCUT2D eigenvalue weighted by atomic mass is 16.5. The summed E-state index contributed by atoms with van der Waals surface area (Å²) >= 11 is 0. The van der Waals surface area contributed by atoms with E-state index in [2.05, 4.69) is 20.3 Å². The zero-order valence-electron chi connectivity index (χ0n) is 17.1. The molecule has 0 radical (unpaired) electrons. The maximum atomic E-state index is 12.8. The Morgan fingerprint density at radius 3 is 2.57 bits per heavy atom. The van der Waals surface area contributed by atoms with Gasteiger partial charge in [-0.2, -0.15) is 0 Å². The molecule has 2 aromatic heterocycles. The molecule has 0 spiro atoms. The normalized spacial score (nSPS) is 14.5. The minimum Gasteiger partial charge on any atom is -0.494 e. The van der Waals surface area contributed by atoms with E-state index in [-0.39, 0.29) is 18.1 Å². The molecule has 0 saturated carbocycles. The Morgan fingerprint density at radius 1 is 1.13 bits per heavy atom. The number of fused-ring (bicyclic) bond motifs is 1. The molecule has 0 aliphatic carbocycles. The topological polar surface area (TPSA) is 93.8 Å². The molecule has 0 unspecified atom stereocenters. The van der Waals surface area contributed by atoms with Crippen molar-refractivity contribution in [1.29, 1.82) is 0 Å². The molecule has 158 valence electrons. The van der Waals surface area contributed by atoms with Gasteiger partial charge in [0.05, 0.1) is 6.61 Å². The van der Waals surface area contributed by atoms with Crippen LogP contribution in [0.2, 0.25) is 0 Å². The van der Waals surface area contributed by atoms with Gasteiger partial charge in [0.15, 0.2) is 5.82 Å². The molecule has 0 bridgehead atoms. The van der Waals surface area contributed by atoms with Gasteiger partial charge < -0.3 is 15.0 Å². The second-order valence-electron chi connectivity index (χ2n) is 7.29. The van der Waals surface area contributed by atoms with Crippen molar-refractivity contribution in [3.05, 3.63) is 47.1 Å². The van der Waals surface area contributed by atoms with E-state index in [0.29, 0.717) is 23.8 Å². The highest BCUT2D eigenvalue weighted by Crippen LogP contribution is 2.20. The number of carbonyl (C=O) groups is 1. The fourth-order valence-electron chi connectivity index (χ4n) is 3.68. The molecule has 1 amide bonds. The summed E-state index contributed by atoms with van der Waals surface area (Å²) in [6.45, 7) is 4.11. The SMILES string of the molecule is CCOc1ccc(NC(=O)Cn2nc3c(N4CCCCCC4)nccn3c2=O)cc1. The minimum absolute atomic E-state index is 0.173. The predicted octanol–water partition coefficient (Wildman–Crippen LogP) is 2.31. The van der Waals surface area contributed by atoms with Crippen LogP contribution in [0.1, 0.15) is 32.6 Å². The third-order valence-corrected chi connectivity index (χ3v) is 5.13. The zero-order chi connectivity index (χ0) is 20.9. The van der Waals surface area contributed by atoms with Crippen molar-refractivity contribution in [2.45, 2.75) is 39.2 Å². The first kappa shape index (κ1) is 19.9. The fourth-order valence-corrected chi connectivity index (χ4v) is 3.68. The standard InChI is InChI=1S/C21H26N6O3/c1-2-30-17-9-7-16(8-10-17)23-18(28)15-27-21(29)26-14-11-22-19(20(26)24-27)25-12-5-3-4-6-13-25/h7-11,14H,2-6,12-13,15H2,1H3,(H,23,28). The van der Waals surface area contributed by atoms with Crippen molar-refractivity contribution >= 4 is 23.1 Å². The first-order valence-electron chi connectivity index (χ1n) is 10.4. The van der Waals surface area contributed by atoms with Crippen molar-refractivity contribution < 1.29 is 9.53 Å². The summed E-state index contributed by atoms with van der Waals surface area (Å²) < 4.78 is 8.04. The molecule has 1 fully saturated rings. The molecular weight excluding hydrogens is 384 g/mol. The number of aromatic nitrogens is 4. The van der Waals surface area contributed by atoms with E-state index in [1.54, 1.807) is 36.7 Å². The molecule has 3 aromatic rings. The van der Waals surface area contributed by atoms with Crippen LogP contribution in [0.3, 0.4) is 0 Å². The molecule has 1 N–H and O–H groups in total. The van der Waals surface area contributed by atoms with Crippen LogP contribution in [0.15, 0.2) is 41.5 Å². The number of benzene rings is 1. The number of hydrogen-bond acceptors (Lipinski definition) is 6. The third kappa shape index (κ3) is 4.29. The Morgan fingerprint density at radius 2 is 1.87 bits per heavy atom. The Labute approximate surface area is 174 Å². The molecule has 0 atom stereocenters. The van der Waals surface area contributed by atoms with E-state index in [0.717, 1.165) is 31.7 Å². The number of carbonyl (C=O) groups excluding carboxylic acids is 1. The number of nitrogens with one attached hydrogen (secondary N) is 1. The monoisotopic (exact) mass is 410 g/mol. The predicted molar refractivity (Wildman–Crippen MR) is 114 cm³/mol. The minimum atomic E-state index is -0.356. The third-order valence-electron chi connectivity index (χ3n) is 5.13. The highest BCUT2D eigenvalue weighted by molar-refractivity contribution is 5.90. The van der Waals surface area contributed by atoms with Gasteiger partial charge in [-0.3, -0.25) is 4.79 Å². The smallest absolute Gasteiger partial charge is 0.350 e. The van der Waals surface area contributed by atoms with Crippen LogP contribution in [0.25, 0.3) is 5.65 Å². The van der Waals surface area contributed by atoms with Crippen molar-refractivity contribution in [2.75, 3.05) is 29.9 Å². The van der Waals surface area contributed by atoms with Crippen LogP contribution in [-0.2, 0) is 11.3 Å². The van der Waals surface area contributed by atoms with Crippen LogP contribution in [0.5, 0.6) is 5.75 Å². The number of rotatable bonds is 6. The maximum absolute atomic E-state index is 12.8. The van der Waals surface area contributed by atoms with Crippen LogP contribution in [0, 0.1) is 0 Å². The molecule has 30 heavy (non-hydrogen) atoms. The van der Waals surface area contributed by atoms with Gasteiger partial charge >= 0.3 is 5.69 Å². The van der Waals surface area contributed by atoms with Crippen molar-refractivity contribution in [1.82, 2.24) is 19.2 Å². The van der Waals surface area contributed by atoms with Crippen molar-refractivity contribution in [2.24, 2.45) is 0 Å². The summed E-state index contributed by atoms with van der Waals surface area (Å²) in [6, 6.07) is 7.10. The Balaban J connectivity index is 1.52. The lowest BCUT2D eigenvalue weighted by Crippen LogP contribution is -2.28. The first-order valence-corrected chi connectivity index (χ1v) is 10.4. The summed E-state index contributed by atoms with van der Waals surface area (Å²) in [5.41, 5.74) is 0.760. The van der Waals surface area contributed by atoms with Crippen molar-refractivity contribution in [3.63, 3.8) is 0 Å². The lowest BCUT2D eigenvalue weighted by Gasteiger charge is -2.20. The van der Waals surface area contributed by atoms with Crippen LogP contribution in [0.4, 0.5) is 11.5 Å². The average molecular weight is 410 g/mol. The fraction of sp³-hybridized carbons (Fsp3) is 0.429. The van der Waals surface area contributed by atoms with E-state index in [1.807, 2.05) is 6.92 Å². The number of hydrogen-bond donors (Lipinski definition) is 1. The quantitative estimate of drug-likeness (QED) is 0.670. The molecule has 1 aromatic carbocycles. The van der Waals surface area contributed by atoms with Gasteiger partial charge in [0.2, 0.25) is 11.6 Å². The van der Waals surface area contributed by atoms with Crippen molar-refractivity contribution in [3.8, 4) is 5.75 Å². The molecule has 4 rings (SSSR count). The first-order chi connectivity index (χ1) is 14.7. The molecule has 9 heteroatoms. The summed E-state index contributed by atoms with van der Waals surface area (Å²) in [5, 5.41) is 7.21. The van der Waals surface area contributed by atoms with Gasteiger partial charge in [0.1, 0.15) is 12.3 Å². The summed E-state index contributed by atoms with van der Waals surface area (Å²) in [7, 11) is 0. The highest BCUT2D eigenvalue weighted by Gasteiger charge is 2.19. The van der Waals surface area contributed by atoms with Gasteiger partial charge in [-0.15, -0.1) is 5.10 Å². The second-order valence-corrected chi connectivity index (χ2v) is 7.29. The number of ether oxygens (including phenoxy) is 1. The van der Waals surface area contributed by atoms with Gasteiger partial charge in [0.25, 0.3) is 0 Å². The van der Waals surface area contributed by atoms with E-state index < -0.39 is 0 Å². The van der Waals surface area contributed by atoms with E-state index in [1.165, 1.54) is 21.9 Å². The molecular formula is C21H26N6O3. The van der Waals surface area contributed by atoms with E-state index in [4.69, 9.17) is 4.74 Å². The zero-order valence-corrected chi connectivity index (χ0v) is 17.1. The number of anilines is 2. The van der Waals surface area contributed by atoms with E-state index >= 15 is 0 Å². The lowest BCUT2D eigenvalue weighted by molar-refractivity contribution is -0.117. The maximum Gasteiger partial charge on any atom is 0.350 e. The Bertz CT molecular complexity index is 1060. The molecule has 1 aliphatic heterocycles. The Hall–Kier alpha value is -3.36. The number of amides is 1. The average Bonchev–Trinajstić information content (AvgIpc) is 2.92. The van der Waals surface area contributed by atoms with Crippen LogP contribution >= 0.6 is 0 Å². The summed E-state index contributed by atoms with van der Waals surface area (Å²) in [5.74, 6) is 1.11.